The Balaban J connectivity index is 3.62. The van der Waals surface area contributed by atoms with Crippen molar-refractivity contribution in [3.63, 3.8) is 0 Å². The molecule has 80 valence electrons. The summed E-state index contributed by atoms with van der Waals surface area (Å²) in [6.07, 6.45) is 2.50. The van der Waals surface area contributed by atoms with Gasteiger partial charge in [0.25, 0.3) is 0 Å². The van der Waals surface area contributed by atoms with Crippen LogP contribution in [-0.2, 0) is 0 Å². The molecule has 0 rings (SSSR count). The normalized spacial score (nSPS) is 15.0. The Bertz CT molecular complexity index is 122. The maximum atomic E-state index is 3.63. The molecule has 0 aromatic carbocycles. The molecule has 1 N–H and O–H groups in total. The van der Waals surface area contributed by atoms with Crippen LogP contribution in [0.15, 0.2) is 0 Å². The summed E-state index contributed by atoms with van der Waals surface area (Å²) in [6, 6.07) is 0.697. The summed E-state index contributed by atoms with van der Waals surface area (Å²) in [7, 11) is 0. The third kappa shape index (κ3) is 7.06. The Kier molecular flexibility index (Phi) is 5.62. The van der Waals surface area contributed by atoms with Gasteiger partial charge in [0.1, 0.15) is 0 Å². The Morgan fingerprint density at radius 2 is 1.69 bits per heavy atom. The minimum absolute atomic E-state index is 0.461. The van der Waals surface area contributed by atoms with E-state index in [9.17, 15) is 0 Å². The first-order valence-corrected chi connectivity index (χ1v) is 5.60. The van der Waals surface area contributed by atoms with E-state index in [2.05, 4.69) is 46.9 Å². The molecule has 1 unspecified atom stereocenters. The first-order chi connectivity index (χ1) is 5.87. The summed E-state index contributed by atoms with van der Waals surface area (Å²) in [6.45, 7) is 14.9. The fourth-order valence-electron chi connectivity index (χ4n) is 1.48. The molecular weight excluding hydrogens is 158 g/mol. The van der Waals surface area contributed by atoms with Gasteiger partial charge in [0.15, 0.2) is 0 Å². The van der Waals surface area contributed by atoms with E-state index in [-0.39, 0.29) is 0 Å². The van der Waals surface area contributed by atoms with E-state index in [4.69, 9.17) is 0 Å². The van der Waals surface area contributed by atoms with Gasteiger partial charge in [-0.25, -0.2) is 0 Å². The summed E-state index contributed by atoms with van der Waals surface area (Å²) in [5, 5.41) is 3.63. The highest BCUT2D eigenvalue weighted by Crippen LogP contribution is 2.17. The Morgan fingerprint density at radius 1 is 1.15 bits per heavy atom. The molecular formula is C12H27N. The van der Waals surface area contributed by atoms with Gasteiger partial charge in [-0.05, 0) is 30.7 Å². The summed E-state index contributed by atoms with van der Waals surface area (Å²) >= 11 is 0. The van der Waals surface area contributed by atoms with E-state index < -0.39 is 0 Å². The minimum Gasteiger partial charge on any atom is -0.314 e. The molecule has 0 heterocycles. The van der Waals surface area contributed by atoms with Crippen LogP contribution in [0.1, 0.15) is 54.4 Å². The lowest BCUT2D eigenvalue weighted by atomic mass is 9.92. The Morgan fingerprint density at radius 3 is 2.00 bits per heavy atom. The molecule has 1 nitrogen and oxygen atoms in total. The van der Waals surface area contributed by atoms with Gasteiger partial charge in [-0.2, -0.15) is 0 Å². The van der Waals surface area contributed by atoms with Crippen LogP contribution in [0.5, 0.6) is 0 Å². The van der Waals surface area contributed by atoms with Gasteiger partial charge in [-0.3, -0.25) is 0 Å². The first-order valence-electron chi connectivity index (χ1n) is 5.60. The van der Waals surface area contributed by atoms with E-state index in [1.807, 2.05) is 0 Å². The lowest BCUT2D eigenvalue weighted by molar-refractivity contribution is 0.325. The number of hydrogen-bond donors (Lipinski definition) is 1. The SMILES string of the molecule is CCC(NCCC(C)(C)C)C(C)C. The molecule has 0 bridgehead atoms. The van der Waals surface area contributed by atoms with E-state index in [0.717, 1.165) is 12.5 Å². The maximum Gasteiger partial charge on any atom is 0.00874 e. The molecule has 13 heavy (non-hydrogen) atoms. The van der Waals surface area contributed by atoms with Crippen molar-refractivity contribution in [1.82, 2.24) is 5.32 Å². The number of rotatable bonds is 5. The zero-order chi connectivity index (χ0) is 10.5. The van der Waals surface area contributed by atoms with Gasteiger partial charge in [0.05, 0.1) is 0 Å². The van der Waals surface area contributed by atoms with Crippen LogP contribution < -0.4 is 5.32 Å². The molecule has 0 aromatic heterocycles. The van der Waals surface area contributed by atoms with Gasteiger partial charge >= 0.3 is 0 Å². The van der Waals surface area contributed by atoms with Crippen molar-refractivity contribution >= 4 is 0 Å². The maximum absolute atomic E-state index is 3.63. The molecule has 0 saturated heterocycles. The van der Waals surface area contributed by atoms with Crippen LogP contribution in [0.2, 0.25) is 0 Å². The summed E-state index contributed by atoms with van der Waals surface area (Å²) in [5.41, 5.74) is 0.461. The van der Waals surface area contributed by atoms with Crippen molar-refractivity contribution in [2.24, 2.45) is 11.3 Å². The molecule has 0 aromatic rings. The quantitative estimate of drug-likeness (QED) is 0.692. The van der Waals surface area contributed by atoms with Crippen LogP contribution in [0, 0.1) is 11.3 Å². The second-order valence-corrected chi connectivity index (χ2v) is 5.52. The molecule has 0 aliphatic rings. The molecule has 1 atom stereocenters. The van der Waals surface area contributed by atoms with Crippen molar-refractivity contribution in [2.45, 2.75) is 60.4 Å². The average molecular weight is 185 g/mol. The third-order valence-corrected chi connectivity index (χ3v) is 2.53. The van der Waals surface area contributed by atoms with Gasteiger partial charge < -0.3 is 5.32 Å². The van der Waals surface area contributed by atoms with Gasteiger partial charge in [0, 0.05) is 6.04 Å². The average Bonchev–Trinajstić information content (AvgIpc) is 1.95. The second-order valence-electron chi connectivity index (χ2n) is 5.52. The van der Waals surface area contributed by atoms with Crippen molar-refractivity contribution in [3.8, 4) is 0 Å². The third-order valence-electron chi connectivity index (χ3n) is 2.53. The highest BCUT2D eigenvalue weighted by atomic mass is 14.9. The minimum atomic E-state index is 0.461. The van der Waals surface area contributed by atoms with Crippen molar-refractivity contribution < 1.29 is 0 Å². The lowest BCUT2D eigenvalue weighted by Gasteiger charge is -2.24. The fraction of sp³-hybridized carbons (Fsp3) is 1.00. The van der Waals surface area contributed by atoms with E-state index in [1.54, 1.807) is 0 Å². The van der Waals surface area contributed by atoms with Crippen molar-refractivity contribution in [3.05, 3.63) is 0 Å². The largest absolute Gasteiger partial charge is 0.314 e. The Labute approximate surface area is 84.3 Å². The lowest BCUT2D eigenvalue weighted by Crippen LogP contribution is -2.35. The molecule has 0 aliphatic carbocycles. The van der Waals surface area contributed by atoms with Crippen LogP contribution in [0.3, 0.4) is 0 Å². The number of hydrogen-bond acceptors (Lipinski definition) is 1. The highest BCUT2D eigenvalue weighted by molar-refractivity contribution is 4.70. The van der Waals surface area contributed by atoms with Gasteiger partial charge in [-0.15, -0.1) is 0 Å². The predicted molar refractivity (Wildman–Crippen MR) is 61.0 cm³/mol. The summed E-state index contributed by atoms with van der Waals surface area (Å²) < 4.78 is 0. The fourth-order valence-corrected chi connectivity index (χ4v) is 1.48. The van der Waals surface area contributed by atoms with Crippen molar-refractivity contribution in [1.29, 1.82) is 0 Å². The molecule has 0 aliphatic heterocycles. The predicted octanol–water partition coefficient (Wildman–Crippen LogP) is 3.45. The van der Waals surface area contributed by atoms with E-state index in [1.165, 1.54) is 12.8 Å². The molecule has 0 radical (unpaired) electrons. The van der Waals surface area contributed by atoms with Crippen LogP contribution in [0.25, 0.3) is 0 Å². The summed E-state index contributed by atoms with van der Waals surface area (Å²) in [4.78, 5) is 0. The van der Waals surface area contributed by atoms with E-state index in [0.29, 0.717) is 11.5 Å². The zero-order valence-electron chi connectivity index (χ0n) is 10.3. The standard InChI is InChI=1S/C12H27N/c1-7-11(10(2)3)13-9-8-12(4,5)6/h10-11,13H,7-9H2,1-6H3. The topological polar surface area (TPSA) is 12.0 Å². The number of nitrogens with one attached hydrogen (secondary N) is 1. The van der Waals surface area contributed by atoms with Crippen molar-refractivity contribution in [2.75, 3.05) is 6.54 Å². The van der Waals surface area contributed by atoms with Crippen LogP contribution in [-0.4, -0.2) is 12.6 Å². The van der Waals surface area contributed by atoms with Gasteiger partial charge in [-0.1, -0.05) is 41.5 Å². The zero-order valence-corrected chi connectivity index (χ0v) is 10.3. The summed E-state index contributed by atoms with van der Waals surface area (Å²) in [5.74, 6) is 0.755. The molecule has 0 saturated carbocycles. The molecule has 0 fully saturated rings. The first kappa shape index (κ1) is 13.0. The molecule has 1 heteroatoms. The highest BCUT2D eigenvalue weighted by Gasteiger charge is 2.13. The molecule has 0 spiro atoms. The van der Waals surface area contributed by atoms with E-state index >= 15 is 0 Å². The van der Waals surface area contributed by atoms with Gasteiger partial charge in [0.2, 0.25) is 0 Å². The van der Waals surface area contributed by atoms with Crippen LogP contribution >= 0.6 is 0 Å². The second kappa shape index (κ2) is 5.64. The monoisotopic (exact) mass is 185 g/mol. The van der Waals surface area contributed by atoms with Crippen LogP contribution in [0.4, 0.5) is 0 Å². The Hall–Kier alpha value is -0.0400. The molecule has 0 amide bonds. The smallest absolute Gasteiger partial charge is 0.00874 e.